The van der Waals surface area contributed by atoms with Crippen LogP contribution < -0.4 is 4.90 Å². The van der Waals surface area contributed by atoms with E-state index in [1.807, 2.05) is 23.9 Å². The Hall–Kier alpha value is -2.02. The van der Waals surface area contributed by atoms with Crippen LogP contribution in [-0.2, 0) is 11.8 Å². The van der Waals surface area contributed by atoms with E-state index in [0.717, 1.165) is 30.4 Å². The van der Waals surface area contributed by atoms with Gasteiger partial charge in [-0.05, 0) is 6.07 Å². The molecule has 0 radical (unpaired) electrons. The molecule has 0 spiro atoms. The SMILES string of the molecule is CO[C@@H]1C[C@@H](c2nncn2C)N(c2ccnc(C(C)C)n2)C1. The summed E-state index contributed by atoms with van der Waals surface area (Å²) >= 11 is 0. The van der Waals surface area contributed by atoms with Gasteiger partial charge in [0.25, 0.3) is 0 Å². The van der Waals surface area contributed by atoms with Gasteiger partial charge in [-0.15, -0.1) is 10.2 Å². The van der Waals surface area contributed by atoms with Gasteiger partial charge in [-0.1, -0.05) is 13.8 Å². The molecule has 1 aliphatic rings. The van der Waals surface area contributed by atoms with Crippen molar-refractivity contribution in [1.82, 2.24) is 24.7 Å². The lowest BCUT2D eigenvalue weighted by molar-refractivity contribution is 0.118. The maximum atomic E-state index is 5.57. The Kier molecular flexibility index (Phi) is 4.06. The van der Waals surface area contributed by atoms with Gasteiger partial charge in [0.05, 0.1) is 12.1 Å². The highest BCUT2D eigenvalue weighted by atomic mass is 16.5. The summed E-state index contributed by atoms with van der Waals surface area (Å²) in [5.74, 6) is 3.01. The van der Waals surface area contributed by atoms with Crippen LogP contribution in [0.2, 0.25) is 0 Å². The van der Waals surface area contributed by atoms with E-state index in [0.29, 0.717) is 5.92 Å². The second-order valence-electron chi connectivity index (χ2n) is 5.99. The zero-order chi connectivity index (χ0) is 15.7. The monoisotopic (exact) mass is 302 g/mol. The minimum absolute atomic E-state index is 0.118. The molecular formula is C15H22N6O. The molecule has 2 atom stereocenters. The van der Waals surface area contributed by atoms with Crippen LogP contribution in [0.3, 0.4) is 0 Å². The summed E-state index contributed by atoms with van der Waals surface area (Å²) in [7, 11) is 3.72. The average Bonchev–Trinajstić information content (AvgIpc) is 3.12. The van der Waals surface area contributed by atoms with Crippen molar-refractivity contribution < 1.29 is 4.74 Å². The predicted molar refractivity (Wildman–Crippen MR) is 82.6 cm³/mol. The fraction of sp³-hybridized carbons (Fsp3) is 0.600. The van der Waals surface area contributed by atoms with Gasteiger partial charge in [-0.2, -0.15) is 0 Å². The first-order valence-electron chi connectivity index (χ1n) is 7.56. The largest absolute Gasteiger partial charge is 0.380 e. The number of ether oxygens (including phenoxy) is 1. The van der Waals surface area contributed by atoms with E-state index in [1.165, 1.54) is 0 Å². The number of rotatable bonds is 4. The maximum Gasteiger partial charge on any atom is 0.155 e. The molecule has 7 nitrogen and oxygen atoms in total. The average molecular weight is 302 g/mol. The maximum absolute atomic E-state index is 5.57. The van der Waals surface area contributed by atoms with Crippen molar-refractivity contribution in [3.05, 3.63) is 30.2 Å². The van der Waals surface area contributed by atoms with Crippen molar-refractivity contribution >= 4 is 5.82 Å². The molecule has 118 valence electrons. The lowest BCUT2D eigenvalue weighted by Crippen LogP contribution is -2.27. The summed E-state index contributed by atoms with van der Waals surface area (Å²) in [6.07, 6.45) is 4.60. The van der Waals surface area contributed by atoms with Crippen molar-refractivity contribution in [2.75, 3.05) is 18.6 Å². The molecule has 0 bridgehead atoms. The number of methoxy groups -OCH3 is 1. The van der Waals surface area contributed by atoms with E-state index in [-0.39, 0.29) is 12.1 Å². The normalized spacial score (nSPS) is 21.8. The Morgan fingerprint density at radius 2 is 2.18 bits per heavy atom. The van der Waals surface area contributed by atoms with E-state index < -0.39 is 0 Å². The topological polar surface area (TPSA) is 69.0 Å². The summed E-state index contributed by atoms with van der Waals surface area (Å²) in [6.45, 7) is 4.99. The molecule has 0 aliphatic carbocycles. The molecule has 7 heteroatoms. The van der Waals surface area contributed by atoms with Crippen LogP contribution in [0.25, 0.3) is 0 Å². The molecule has 0 amide bonds. The molecule has 0 N–H and O–H groups in total. The fourth-order valence-electron chi connectivity index (χ4n) is 2.86. The van der Waals surface area contributed by atoms with Gasteiger partial charge in [0.1, 0.15) is 18.0 Å². The van der Waals surface area contributed by atoms with Gasteiger partial charge in [0.15, 0.2) is 5.82 Å². The molecule has 2 aromatic rings. The molecule has 3 heterocycles. The quantitative estimate of drug-likeness (QED) is 0.856. The zero-order valence-corrected chi connectivity index (χ0v) is 13.5. The van der Waals surface area contributed by atoms with Crippen molar-refractivity contribution in [3.8, 4) is 0 Å². The van der Waals surface area contributed by atoms with Crippen LogP contribution in [0.1, 0.15) is 43.9 Å². The summed E-state index contributed by atoms with van der Waals surface area (Å²) < 4.78 is 7.52. The fourth-order valence-corrected chi connectivity index (χ4v) is 2.86. The smallest absolute Gasteiger partial charge is 0.155 e. The van der Waals surface area contributed by atoms with Crippen LogP contribution in [0, 0.1) is 0 Å². The Bertz CT molecular complexity index is 640. The van der Waals surface area contributed by atoms with Crippen LogP contribution in [0.15, 0.2) is 18.6 Å². The van der Waals surface area contributed by atoms with E-state index in [2.05, 4.69) is 33.9 Å². The van der Waals surface area contributed by atoms with Crippen LogP contribution in [0.4, 0.5) is 5.82 Å². The van der Waals surface area contributed by atoms with Crippen LogP contribution in [0.5, 0.6) is 0 Å². The first-order chi connectivity index (χ1) is 10.6. The lowest BCUT2D eigenvalue weighted by atomic mass is 10.2. The highest BCUT2D eigenvalue weighted by Crippen LogP contribution is 2.35. The van der Waals surface area contributed by atoms with Crippen molar-refractivity contribution in [2.45, 2.75) is 38.3 Å². The number of aromatic nitrogens is 5. The molecule has 0 saturated carbocycles. The minimum atomic E-state index is 0.118. The van der Waals surface area contributed by atoms with Gasteiger partial charge >= 0.3 is 0 Å². The molecule has 3 rings (SSSR count). The molecular weight excluding hydrogens is 280 g/mol. The van der Waals surface area contributed by atoms with Crippen molar-refractivity contribution in [1.29, 1.82) is 0 Å². The third-order valence-electron chi connectivity index (χ3n) is 4.11. The number of anilines is 1. The van der Waals surface area contributed by atoms with E-state index in [4.69, 9.17) is 9.72 Å². The minimum Gasteiger partial charge on any atom is -0.380 e. The molecule has 0 aromatic carbocycles. The third-order valence-corrected chi connectivity index (χ3v) is 4.11. The lowest BCUT2D eigenvalue weighted by Gasteiger charge is -2.25. The Morgan fingerprint density at radius 3 is 2.82 bits per heavy atom. The van der Waals surface area contributed by atoms with Gasteiger partial charge < -0.3 is 14.2 Å². The molecule has 2 aromatic heterocycles. The van der Waals surface area contributed by atoms with Crippen molar-refractivity contribution in [3.63, 3.8) is 0 Å². The number of hydrogen-bond donors (Lipinski definition) is 0. The number of hydrogen-bond acceptors (Lipinski definition) is 6. The summed E-state index contributed by atoms with van der Waals surface area (Å²) in [4.78, 5) is 11.3. The zero-order valence-electron chi connectivity index (χ0n) is 13.5. The van der Waals surface area contributed by atoms with Crippen LogP contribution in [-0.4, -0.2) is 44.5 Å². The van der Waals surface area contributed by atoms with Gasteiger partial charge in [-0.25, -0.2) is 9.97 Å². The highest BCUT2D eigenvalue weighted by Gasteiger charge is 2.36. The first-order valence-corrected chi connectivity index (χ1v) is 7.56. The first kappa shape index (κ1) is 14.9. The Balaban J connectivity index is 1.96. The molecule has 1 fully saturated rings. The third kappa shape index (κ3) is 2.68. The van der Waals surface area contributed by atoms with E-state index in [9.17, 15) is 0 Å². The Labute approximate surface area is 130 Å². The van der Waals surface area contributed by atoms with Gasteiger partial charge in [0.2, 0.25) is 0 Å². The Morgan fingerprint density at radius 1 is 1.36 bits per heavy atom. The second kappa shape index (κ2) is 6.00. The summed E-state index contributed by atoms with van der Waals surface area (Å²) in [6, 6.07) is 2.07. The van der Waals surface area contributed by atoms with E-state index in [1.54, 1.807) is 13.4 Å². The highest BCUT2D eigenvalue weighted by molar-refractivity contribution is 5.42. The summed E-state index contributed by atoms with van der Waals surface area (Å²) in [5, 5.41) is 8.28. The van der Waals surface area contributed by atoms with Crippen molar-refractivity contribution in [2.24, 2.45) is 7.05 Å². The van der Waals surface area contributed by atoms with E-state index >= 15 is 0 Å². The van der Waals surface area contributed by atoms with Gasteiger partial charge in [-0.3, -0.25) is 0 Å². The summed E-state index contributed by atoms with van der Waals surface area (Å²) in [5.41, 5.74) is 0. The number of nitrogens with zero attached hydrogens (tertiary/aromatic N) is 6. The standard InChI is InChI=1S/C15H22N6O/c1-10(2)14-16-6-5-13(18-14)21-8-11(22-4)7-12(21)15-19-17-9-20(15)3/h5-6,9-12H,7-8H2,1-4H3/t11-,12+/m1/s1. The molecule has 1 saturated heterocycles. The van der Waals surface area contributed by atoms with Crippen LogP contribution >= 0.6 is 0 Å². The van der Waals surface area contributed by atoms with Gasteiger partial charge in [0, 0.05) is 39.2 Å². The molecule has 1 aliphatic heterocycles. The molecule has 22 heavy (non-hydrogen) atoms. The molecule has 0 unspecified atom stereocenters. The predicted octanol–water partition coefficient (Wildman–Crippen LogP) is 1.69. The second-order valence-corrected chi connectivity index (χ2v) is 5.99. The number of aryl methyl sites for hydroxylation is 1.